The molecule has 0 aliphatic rings. The molecule has 25 heavy (non-hydrogen) atoms. The summed E-state index contributed by atoms with van der Waals surface area (Å²) in [7, 11) is 0. The van der Waals surface area contributed by atoms with E-state index in [1.54, 1.807) is 31.2 Å². The van der Waals surface area contributed by atoms with Gasteiger partial charge in [-0.15, -0.1) is 0 Å². The Morgan fingerprint density at radius 3 is 2.72 bits per heavy atom. The van der Waals surface area contributed by atoms with E-state index in [0.717, 1.165) is 0 Å². The molecule has 1 heterocycles. The highest BCUT2D eigenvalue weighted by molar-refractivity contribution is 6.01. The van der Waals surface area contributed by atoms with E-state index in [1.165, 1.54) is 16.7 Å². The third-order valence-electron chi connectivity index (χ3n) is 3.87. The van der Waals surface area contributed by atoms with Gasteiger partial charge in [0.15, 0.2) is 0 Å². The minimum Gasteiger partial charge on any atom is -0.508 e. The third kappa shape index (κ3) is 3.16. The summed E-state index contributed by atoms with van der Waals surface area (Å²) in [6.45, 7) is 4.00. The van der Waals surface area contributed by atoms with Crippen LogP contribution in [-0.2, 0) is 6.54 Å². The molecular formula is C18H18N4O3. The molecular weight excluding hydrogens is 320 g/mol. The number of para-hydroxylation sites is 1. The molecule has 7 heteroatoms. The van der Waals surface area contributed by atoms with Crippen LogP contribution in [0.15, 0.2) is 52.4 Å². The summed E-state index contributed by atoms with van der Waals surface area (Å²) < 4.78 is 1.50. The number of nitrogens with one attached hydrogen (secondary N) is 1. The van der Waals surface area contributed by atoms with Crippen molar-refractivity contribution in [3.8, 4) is 11.5 Å². The van der Waals surface area contributed by atoms with Crippen molar-refractivity contribution in [3.05, 3.63) is 58.4 Å². The number of phenolic OH excluding ortho intramolecular Hbond substituents is 2. The number of hydrazone groups is 1. The molecule has 0 bridgehead atoms. The van der Waals surface area contributed by atoms with Gasteiger partial charge in [-0.1, -0.05) is 12.1 Å². The topological polar surface area (TPSA) is 99.7 Å². The number of benzene rings is 2. The molecule has 0 aliphatic heterocycles. The molecule has 3 N–H and O–H groups in total. The molecule has 0 atom stereocenters. The van der Waals surface area contributed by atoms with Gasteiger partial charge in [0.2, 0.25) is 5.95 Å². The third-order valence-corrected chi connectivity index (χ3v) is 3.87. The van der Waals surface area contributed by atoms with Gasteiger partial charge in [-0.25, -0.2) is 10.4 Å². The van der Waals surface area contributed by atoms with E-state index in [9.17, 15) is 15.0 Å². The largest absolute Gasteiger partial charge is 0.508 e. The average Bonchev–Trinajstić information content (AvgIpc) is 2.60. The monoisotopic (exact) mass is 338 g/mol. The Bertz CT molecular complexity index is 1020. The van der Waals surface area contributed by atoms with Crippen LogP contribution in [-0.4, -0.2) is 25.5 Å². The van der Waals surface area contributed by atoms with Gasteiger partial charge in [0.05, 0.1) is 16.6 Å². The second-order valence-electron chi connectivity index (χ2n) is 5.51. The number of aromatic nitrogens is 2. The summed E-state index contributed by atoms with van der Waals surface area (Å²) in [5.41, 5.74) is 4.20. The van der Waals surface area contributed by atoms with E-state index < -0.39 is 0 Å². The molecule has 128 valence electrons. The average molecular weight is 338 g/mol. The van der Waals surface area contributed by atoms with Crippen molar-refractivity contribution in [2.45, 2.75) is 20.4 Å². The number of nitrogens with zero attached hydrogens (tertiary/aromatic N) is 3. The van der Waals surface area contributed by atoms with Gasteiger partial charge in [-0.2, -0.15) is 5.10 Å². The molecule has 3 rings (SSSR count). The van der Waals surface area contributed by atoms with Crippen LogP contribution in [0, 0.1) is 0 Å². The quantitative estimate of drug-likeness (QED) is 0.502. The minimum absolute atomic E-state index is 0.0296. The highest BCUT2D eigenvalue weighted by Crippen LogP contribution is 2.23. The zero-order valence-corrected chi connectivity index (χ0v) is 13.9. The smallest absolute Gasteiger partial charge is 0.262 e. The van der Waals surface area contributed by atoms with Crippen LogP contribution in [0.25, 0.3) is 10.9 Å². The Labute approximate surface area is 143 Å². The van der Waals surface area contributed by atoms with Gasteiger partial charge in [-0.3, -0.25) is 9.36 Å². The van der Waals surface area contributed by atoms with E-state index >= 15 is 0 Å². The Morgan fingerprint density at radius 2 is 2.00 bits per heavy atom. The first-order chi connectivity index (χ1) is 12.0. The number of hydrogen-bond donors (Lipinski definition) is 3. The van der Waals surface area contributed by atoms with Crippen LogP contribution in [0.3, 0.4) is 0 Å². The van der Waals surface area contributed by atoms with Crippen LogP contribution in [0.2, 0.25) is 0 Å². The number of fused-ring (bicyclic) bond motifs is 1. The standard InChI is InChI=1S/C18H18N4O3/c1-3-22-17(25)14-6-4-5-7-15(14)19-18(22)21-20-11(2)13-9-8-12(23)10-16(13)24/h4-10,23-24H,3H2,1-2H3,(H,19,21)/b20-11+. The van der Waals surface area contributed by atoms with Crippen molar-refractivity contribution >= 4 is 22.6 Å². The molecule has 3 aromatic rings. The maximum atomic E-state index is 12.6. The molecule has 7 nitrogen and oxygen atoms in total. The van der Waals surface area contributed by atoms with Gasteiger partial charge < -0.3 is 10.2 Å². The van der Waals surface area contributed by atoms with Gasteiger partial charge in [0.1, 0.15) is 11.5 Å². The lowest BCUT2D eigenvalue weighted by Gasteiger charge is -2.11. The second kappa shape index (κ2) is 6.64. The lowest BCUT2D eigenvalue weighted by Crippen LogP contribution is -2.23. The molecule has 0 saturated carbocycles. The van der Waals surface area contributed by atoms with E-state index in [0.29, 0.717) is 34.7 Å². The van der Waals surface area contributed by atoms with Crippen LogP contribution in [0.1, 0.15) is 19.4 Å². The first-order valence-corrected chi connectivity index (χ1v) is 7.83. The molecule has 0 spiro atoms. The molecule has 0 aliphatic carbocycles. The van der Waals surface area contributed by atoms with Crippen molar-refractivity contribution < 1.29 is 10.2 Å². The summed E-state index contributed by atoms with van der Waals surface area (Å²) in [6, 6.07) is 11.4. The van der Waals surface area contributed by atoms with Crippen LogP contribution < -0.4 is 11.0 Å². The summed E-state index contributed by atoms with van der Waals surface area (Å²) in [6.07, 6.45) is 0. The Morgan fingerprint density at radius 1 is 1.24 bits per heavy atom. The maximum Gasteiger partial charge on any atom is 0.262 e. The summed E-state index contributed by atoms with van der Waals surface area (Å²) in [4.78, 5) is 17.0. The van der Waals surface area contributed by atoms with Crippen molar-refractivity contribution in [1.82, 2.24) is 9.55 Å². The molecule has 1 aromatic heterocycles. The van der Waals surface area contributed by atoms with Crippen LogP contribution in [0.5, 0.6) is 11.5 Å². The maximum absolute atomic E-state index is 12.6. The molecule has 0 amide bonds. The number of aromatic hydroxyl groups is 2. The Balaban J connectivity index is 2.01. The van der Waals surface area contributed by atoms with Crippen molar-refractivity contribution in [3.63, 3.8) is 0 Å². The molecule has 0 saturated heterocycles. The SMILES string of the molecule is CCn1c(N/N=C(\C)c2ccc(O)cc2O)nc2ccccc2c1=O. The lowest BCUT2D eigenvalue weighted by molar-refractivity contribution is 0.450. The lowest BCUT2D eigenvalue weighted by atomic mass is 10.1. The molecule has 0 radical (unpaired) electrons. The minimum atomic E-state index is -0.143. The second-order valence-corrected chi connectivity index (χ2v) is 5.51. The Hall–Kier alpha value is -3.35. The van der Waals surface area contributed by atoms with E-state index in [4.69, 9.17) is 0 Å². The Kier molecular flexibility index (Phi) is 4.38. The zero-order valence-electron chi connectivity index (χ0n) is 13.9. The van der Waals surface area contributed by atoms with Gasteiger partial charge >= 0.3 is 0 Å². The van der Waals surface area contributed by atoms with Crippen molar-refractivity contribution in [1.29, 1.82) is 0 Å². The number of hydrogen-bond acceptors (Lipinski definition) is 6. The first kappa shape index (κ1) is 16.5. The molecule has 0 unspecified atom stereocenters. The first-order valence-electron chi connectivity index (χ1n) is 7.83. The van der Waals surface area contributed by atoms with E-state index in [2.05, 4.69) is 15.5 Å². The van der Waals surface area contributed by atoms with Gasteiger partial charge in [-0.05, 0) is 38.1 Å². The zero-order chi connectivity index (χ0) is 18.0. The normalized spacial score (nSPS) is 11.7. The van der Waals surface area contributed by atoms with Crippen molar-refractivity contribution in [2.75, 3.05) is 5.43 Å². The fraction of sp³-hybridized carbons (Fsp3) is 0.167. The fourth-order valence-electron chi connectivity index (χ4n) is 2.57. The number of phenols is 2. The van der Waals surface area contributed by atoms with Crippen molar-refractivity contribution in [2.24, 2.45) is 5.10 Å². The predicted molar refractivity (Wildman–Crippen MR) is 97.3 cm³/mol. The summed E-state index contributed by atoms with van der Waals surface area (Å²) >= 11 is 0. The highest BCUT2D eigenvalue weighted by atomic mass is 16.3. The summed E-state index contributed by atoms with van der Waals surface area (Å²) in [5.74, 6) is 0.212. The van der Waals surface area contributed by atoms with Crippen LogP contribution >= 0.6 is 0 Å². The van der Waals surface area contributed by atoms with Gasteiger partial charge in [0.25, 0.3) is 5.56 Å². The number of rotatable bonds is 4. The van der Waals surface area contributed by atoms with Gasteiger partial charge in [0, 0.05) is 18.2 Å². The number of anilines is 1. The highest BCUT2D eigenvalue weighted by Gasteiger charge is 2.10. The van der Waals surface area contributed by atoms with E-state index in [-0.39, 0.29) is 17.1 Å². The van der Waals surface area contributed by atoms with E-state index in [1.807, 2.05) is 13.0 Å². The van der Waals surface area contributed by atoms with Crippen LogP contribution in [0.4, 0.5) is 5.95 Å². The summed E-state index contributed by atoms with van der Waals surface area (Å²) in [5, 5.41) is 24.0. The fourth-order valence-corrected chi connectivity index (χ4v) is 2.57. The molecule has 2 aromatic carbocycles. The molecule has 0 fully saturated rings. The predicted octanol–water partition coefficient (Wildman–Crippen LogP) is 2.66.